The number of primary amides is 1. The molecule has 0 aliphatic carbocycles. The van der Waals surface area contributed by atoms with Crippen LogP contribution in [0.1, 0.15) is 22.8 Å². The average Bonchev–Trinajstić information content (AvgIpc) is 2.55. The summed E-state index contributed by atoms with van der Waals surface area (Å²) in [4.78, 5) is 23.3. The molecule has 2 rings (SSSR count). The van der Waals surface area contributed by atoms with Gasteiger partial charge >= 0.3 is 0 Å². The van der Waals surface area contributed by atoms with E-state index >= 15 is 0 Å². The van der Waals surface area contributed by atoms with Crippen LogP contribution in [0.25, 0.3) is 0 Å². The zero-order chi connectivity index (χ0) is 18.6. The summed E-state index contributed by atoms with van der Waals surface area (Å²) in [6.45, 7) is 3.29. The number of sulfonamides is 1. The second-order valence-electron chi connectivity index (χ2n) is 5.59. The van der Waals surface area contributed by atoms with Crippen LogP contribution in [0.5, 0.6) is 0 Å². The molecule has 0 saturated carbocycles. The number of aryl methyl sites for hydroxylation is 1. The molecule has 25 heavy (non-hydrogen) atoms. The average molecular weight is 361 g/mol. The van der Waals surface area contributed by atoms with E-state index in [1.54, 1.807) is 12.1 Å². The first kappa shape index (κ1) is 18.6. The Morgan fingerprint density at radius 3 is 2.08 bits per heavy atom. The molecule has 0 unspecified atom stereocenters. The van der Waals surface area contributed by atoms with Crippen LogP contribution in [0.2, 0.25) is 0 Å². The van der Waals surface area contributed by atoms with E-state index in [0.29, 0.717) is 11.3 Å². The number of hydrogen-bond acceptors (Lipinski definition) is 4. The fourth-order valence-corrected chi connectivity index (χ4v) is 3.24. The number of carbonyl (C=O) groups excluding carboxylic acids is 2. The van der Waals surface area contributed by atoms with Gasteiger partial charge < -0.3 is 11.1 Å². The Kier molecular flexibility index (Phi) is 5.55. The van der Waals surface area contributed by atoms with Crippen molar-refractivity contribution >= 4 is 27.5 Å². The van der Waals surface area contributed by atoms with E-state index in [9.17, 15) is 18.0 Å². The molecule has 0 heterocycles. The minimum atomic E-state index is -3.80. The minimum absolute atomic E-state index is 0.0866. The van der Waals surface area contributed by atoms with Crippen LogP contribution in [0.15, 0.2) is 53.4 Å². The number of anilines is 1. The lowest BCUT2D eigenvalue weighted by atomic mass is 10.2. The van der Waals surface area contributed by atoms with Gasteiger partial charge in [0.1, 0.15) is 0 Å². The molecule has 0 spiro atoms. The largest absolute Gasteiger partial charge is 0.366 e. The molecule has 0 aliphatic heterocycles. The lowest BCUT2D eigenvalue weighted by molar-refractivity contribution is -0.117. The van der Waals surface area contributed by atoms with Gasteiger partial charge in [-0.05, 0) is 50.2 Å². The van der Waals surface area contributed by atoms with Crippen molar-refractivity contribution in [1.82, 2.24) is 4.72 Å². The molecule has 132 valence electrons. The highest BCUT2D eigenvalue weighted by Crippen LogP contribution is 2.12. The van der Waals surface area contributed by atoms with Gasteiger partial charge in [-0.1, -0.05) is 17.7 Å². The maximum absolute atomic E-state index is 12.3. The SMILES string of the molecule is Cc1ccc(S(=O)(=O)N[C@H](C)C(=O)Nc2ccc(C(N)=O)cc2)cc1. The maximum atomic E-state index is 12.3. The Hall–Kier alpha value is -2.71. The lowest BCUT2D eigenvalue weighted by Gasteiger charge is -2.14. The van der Waals surface area contributed by atoms with Crippen molar-refractivity contribution in [3.8, 4) is 0 Å². The number of carbonyl (C=O) groups is 2. The number of amides is 2. The fourth-order valence-electron chi connectivity index (χ4n) is 2.04. The van der Waals surface area contributed by atoms with Crippen LogP contribution in [-0.2, 0) is 14.8 Å². The summed E-state index contributed by atoms with van der Waals surface area (Å²) in [5.41, 5.74) is 6.82. The summed E-state index contributed by atoms with van der Waals surface area (Å²) < 4.78 is 26.9. The minimum Gasteiger partial charge on any atom is -0.366 e. The van der Waals surface area contributed by atoms with Crippen LogP contribution in [0, 0.1) is 6.92 Å². The van der Waals surface area contributed by atoms with Crippen LogP contribution >= 0.6 is 0 Å². The topological polar surface area (TPSA) is 118 Å². The summed E-state index contributed by atoms with van der Waals surface area (Å²) in [5, 5.41) is 2.57. The van der Waals surface area contributed by atoms with Gasteiger partial charge in [0.15, 0.2) is 0 Å². The predicted octanol–water partition coefficient (Wildman–Crippen LogP) is 1.40. The van der Waals surface area contributed by atoms with Gasteiger partial charge in [0.25, 0.3) is 0 Å². The summed E-state index contributed by atoms with van der Waals surface area (Å²) in [6, 6.07) is 11.3. The highest BCUT2D eigenvalue weighted by atomic mass is 32.2. The van der Waals surface area contributed by atoms with E-state index in [1.807, 2.05) is 6.92 Å². The van der Waals surface area contributed by atoms with E-state index in [0.717, 1.165) is 5.56 Å². The summed E-state index contributed by atoms with van der Waals surface area (Å²) >= 11 is 0. The predicted molar refractivity (Wildman–Crippen MR) is 94.6 cm³/mol. The van der Waals surface area contributed by atoms with Gasteiger partial charge in [0.05, 0.1) is 10.9 Å². The number of nitrogens with two attached hydrogens (primary N) is 1. The highest BCUT2D eigenvalue weighted by Gasteiger charge is 2.22. The number of hydrogen-bond donors (Lipinski definition) is 3. The van der Waals surface area contributed by atoms with E-state index in [2.05, 4.69) is 10.0 Å². The van der Waals surface area contributed by atoms with E-state index in [4.69, 9.17) is 5.73 Å². The molecule has 0 saturated heterocycles. The molecule has 4 N–H and O–H groups in total. The summed E-state index contributed by atoms with van der Waals surface area (Å²) in [6.07, 6.45) is 0. The molecule has 0 radical (unpaired) electrons. The molecular weight excluding hydrogens is 342 g/mol. The molecular formula is C17H19N3O4S. The quantitative estimate of drug-likeness (QED) is 0.720. The summed E-state index contributed by atoms with van der Waals surface area (Å²) in [7, 11) is -3.80. The molecule has 0 fully saturated rings. The molecule has 0 aliphatic rings. The molecule has 7 nitrogen and oxygen atoms in total. The van der Waals surface area contributed by atoms with Gasteiger partial charge in [-0.3, -0.25) is 9.59 Å². The molecule has 2 aromatic carbocycles. The van der Waals surface area contributed by atoms with Gasteiger partial charge in [0.2, 0.25) is 21.8 Å². The molecule has 0 bridgehead atoms. The van der Waals surface area contributed by atoms with E-state index in [1.165, 1.54) is 43.3 Å². The van der Waals surface area contributed by atoms with Crippen molar-refractivity contribution in [2.75, 3.05) is 5.32 Å². The monoisotopic (exact) mass is 361 g/mol. The van der Waals surface area contributed by atoms with Crippen molar-refractivity contribution in [2.24, 2.45) is 5.73 Å². The van der Waals surface area contributed by atoms with Crippen molar-refractivity contribution in [3.05, 3.63) is 59.7 Å². The van der Waals surface area contributed by atoms with Gasteiger partial charge in [-0.2, -0.15) is 4.72 Å². The fraction of sp³-hybridized carbons (Fsp3) is 0.176. The lowest BCUT2D eigenvalue weighted by Crippen LogP contribution is -2.41. The standard InChI is InChI=1S/C17H19N3O4S/c1-11-3-9-15(10-4-11)25(23,24)20-12(2)17(22)19-14-7-5-13(6-8-14)16(18)21/h3-10,12,20H,1-2H3,(H2,18,21)(H,19,22)/t12-/m1/s1. The maximum Gasteiger partial charge on any atom is 0.248 e. The Balaban J connectivity index is 2.04. The van der Waals surface area contributed by atoms with Crippen LogP contribution in [-0.4, -0.2) is 26.3 Å². The first-order valence-electron chi connectivity index (χ1n) is 7.49. The molecule has 2 aromatic rings. The third-order valence-electron chi connectivity index (χ3n) is 3.49. The normalized spacial score (nSPS) is 12.4. The van der Waals surface area contributed by atoms with Crippen molar-refractivity contribution in [1.29, 1.82) is 0 Å². The number of nitrogens with one attached hydrogen (secondary N) is 2. The third kappa shape index (κ3) is 4.88. The first-order valence-corrected chi connectivity index (χ1v) is 8.97. The smallest absolute Gasteiger partial charge is 0.248 e. The van der Waals surface area contributed by atoms with E-state index < -0.39 is 27.9 Å². The van der Waals surface area contributed by atoms with Crippen LogP contribution < -0.4 is 15.8 Å². The Morgan fingerprint density at radius 2 is 1.56 bits per heavy atom. The van der Waals surface area contributed by atoms with Crippen molar-refractivity contribution in [3.63, 3.8) is 0 Å². The number of benzene rings is 2. The van der Waals surface area contributed by atoms with Crippen LogP contribution in [0.4, 0.5) is 5.69 Å². The number of rotatable bonds is 6. The van der Waals surface area contributed by atoms with Crippen LogP contribution in [0.3, 0.4) is 0 Å². The molecule has 1 atom stereocenters. The second-order valence-corrected chi connectivity index (χ2v) is 7.30. The van der Waals surface area contributed by atoms with Gasteiger partial charge in [-0.15, -0.1) is 0 Å². The highest BCUT2D eigenvalue weighted by molar-refractivity contribution is 7.89. The molecule has 2 amide bonds. The molecule has 0 aromatic heterocycles. The van der Waals surface area contributed by atoms with Crippen molar-refractivity contribution < 1.29 is 18.0 Å². The second kappa shape index (κ2) is 7.45. The zero-order valence-electron chi connectivity index (χ0n) is 13.8. The first-order chi connectivity index (χ1) is 11.7. The zero-order valence-corrected chi connectivity index (χ0v) is 14.6. The third-order valence-corrected chi connectivity index (χ3v) is 5.05. The van der Waals surface area contributed by atoms with Crippen molar-refractivity contribution in [2.45, 2.75) is 24.8 Å². The Bertz CT molecular complexity index is 875. The Morgan fingerprint density at radius 1 is 1.00 bits per heavy atom. The molecule has 8 heteroatoms. The van der Waals surface area contributed by atoms with Gasteiger partial charge in [0, 0.05) is 11.3 Å². The van der Waals surface area contributed by atoms with Gasteiger partial charge in [-0.25, -0.2) is 8.42 Å². The summed E-state index contributed by atoms with van der Waals surface area (Å²) in [5.74, 6) is -1.10. The Labute approximate surface area is 146 Å². The van der Waals surface area contributed by atoms with E-state index in [-0.39, 0.29) is 4.90 Å².